The number of carbonyl (C=O) groups is 1. The maximum absolute atomic E-state index is 14.2. The van der Waals surface area contributed by atoms with Gasteiger partial charge in [0.25, 0.3) is 5.56 Å². The maximum Gasteiger partial charge on any atom is 0.260 e. The maximum atomic E-state index is 14.2. The second-order valence-corrected chi connectivity index (χ2v) is 11.3. The average molecular weight is 529 g/mol. The molecule has 6 rings (SSSR count). The first-order valence-corrected chi connectivity index (χ1v) is 14.1. The van der Waals surface area contributed by atoms with Gasteiger partial charge in [-0.1, -0.05) is 12.1 Å². The second-order valence-electron chi connectivity index (χ2n) is 11.3. The highest BCUT2D eigenvalue weighted by Gasteiger charge is 2.27. The number of nitrogens with zero attached hydrogens (tertiary/aromatic N) is 7. The Bertz CT molecular complexity index is 1470. The van der Waals surface area contributed by atoms with E-state index in [9.17, 15) is 9.59 Å². The molecule has 39 heavy (non-hydrogen) atoms. The highest BCUT2D eigenvalue weighted by atomic mass is 16.2. The van der Waals surface area contributed by atoms with Crippen molar-refractivity contribution in [3.05, 3.63) is 40.3 Å². The Hall–Kier alpha value is -3.55. The molecule has 0 spiro atoms. The van der Waals surface area contributed by atoms with Crippen molar-refractivity contribution in [2.75, 3.05) is 58.2 Å². The van der Waals surface area contributed by atoms with Gasteiger partial charge in [0, 0.05) is 75.4 Å². The number of hydrogen-bond acceptors (Lipinski definition) is 8. The SMILES string of the molecule is CN1CCN(Cc2ccc3c(c2)c(=O)n(C2CCN(C(=O)CC#N)CC2)c2nc(NCC4CC4)ncc32)CC1. The van der Waals surface area contributed by atoms with E-state index in [4.69, 9.17) is 10.2 Å². The first kappa shape index (κ1) is 25.7. The molecule has 3 fully saturated rings. The molecule has 4 heterocycles. The average Bonchev–Trinajstić information content (AvgIpc) is 3.78. The minimum atomic E-state index is -0.144. The van der Waals surface area contributed by atoms with Crippen molar-refractivity contribution in [3.8, 4) is 6.07 Å². The number of rotatable bonds is 7. The Labute approximate surface area is 228 Å². The van der Waals surface area contributed by atoms with E-state index < -0.39 is 0 Å². The zero-order valence-electron chi connectivity index (χ0n) is 22.6. The van der Waals surface area contributed by atoms with Gasteiger partial charge < -0.3 is 15.1 Å². The predicted molar refractivity (Wildman–Crippen MR) is 150 cm³/mol. The number of hydrogen-bond donors (Lipinski definition) is 1. The summed E-state index contributed by atoms with van der Waals surface area (Å²) in [4.78, 5) is 42.5. The third kappa shape index (κ3) is 5.47. The van der Waals surface area contributed by atoms with Gasteiger partial charge in [0.1, 0.15) is 12.1 Å². The van der Waals surface area contributed by atoms with Crippen LogP contribution in [-0.2, 0) is 11.3 Å². The fourth-order valence-corrected chi connectivity index (χ4v) is 5.87. The summed E-state index contributed by atoms with van der Waals surface area (Å²) < 4.78 is 1.85. The van der Waals surface area contributed by atoms with Crippen molar-refractivity contribution in [2.24, 2.45) is 5.92 Å². The number of carbonyl (C=O) groups excluding carboxylic acids is 1. The molecule has 2 aromatic heterocycles. The summed E-state index contributed by atoms with van der Waals surface area (Å²) in [6, 6.07) is 8.11. The third-order valence-corrected chi connectivity index (χ3v) is 8.48. The van der Waals surface area contributed by atoms with Crippen LogP contribution in [0.2, 0.25) is 0 Å². The number of fused-ring (bicyclic) bond motifs is 3. The van der Waals surface area contributed by atoms with Crippen molar-refractivity contribution in [2.45, 2.75) is 44.7 Å². The van der Waals surface area contributed by atoms with Crippen molar-refractivity contribution in [3.63, 3.8) is 0 Å². The molecule has 10 nitrogen and oxygen atoms in total. The van der Waals surface area contributed by atoms with Crippen molar-refractivity contribution < 1.29 is 4.79 Å². The first-order valence-electron chi connectivity index (χ1n) is 14.1. The van der Waals surface area contributed by atoms with Gasteiger partial charge in [-0.3, -0.25) is 19.1 Å². The Morgan fingerprint density at radius 2 is 1.82 bits per heavy atom. The zero-order valence-corrected chi connectivity index (χ0v) is 22.6. The highest BCUT2D eigenvalue weighted by molar-refractivity contribution is 6.04. The summed E-state index contributed by atoms with van der Waals surface area (Å²) >= 11 is 0. The van der Waals surface area contributed by atoms with E-state index in [1.165, 1.54) is 12.8 Å². The number of piperidine rings is 1. The van der Waals surface area contributed by atoms with Crippen molar-refractivity contribution >= 4 is 33.7 Å². The number of likely N-dealkylation sites (N-methyl/N-ethyl adjacent to an activating group) is 1. The minimum Gasteiger partial charge on any atom is -0.354 e. The summed E-state index contributed by atoms with van der Waals surface area (Å²) in [6.45, 7) is 6.86. The molecule has 0 radical (unpaired) electrons. The number of nitrogens with one attached hydrogen (secondary N) is 1. The molecule has 0 bridgehead atoms. The second kappa shape index (κ2) is 10.9. The van der Waals surface area contributed by atoms with Crippen LogP contribution in [0.3, 0.4) is 0 Å². The highest BCUT2D eigenvalue weighted by Crippen LogP contribution is 2.31. The van der Waals surface area contributed by atoms with Crippen LogP contribution < -0.4 is 10.9 Å². The number of amides is 1. The van der Waals surface area contributed by atoms with Crippen molar-refractivity contribution in [1.82, 2.24) is 29.2 Å². The standard InChI is InChI=1S/C29H36N8O2/c1-34-12-14-35(15-13-34)19-21-4-5-23-24(16-21)28(39)37(22-7-10-36(11-8-22)26(38)6-9-30)27-25(23)18-32-29(33-27)31-17-20-2-3-20/h4-5,16,18,20,22H,2-3,6-8,10-15,17,19H2,1H3,(H,31,32,33). The lowest BCUT2D eigenvalue weighted by atomic mass is 10.0. The zero-order chi connectivity index (χ0) is 26.9. The Morgan fingerprint density at radius 3 is 2.54 bits per heavy atom. The molecule has 10 heteroatoms. The Kier molecular flexibility index (Phi) is 7.19. The third-order valence-electron chi connectivity index (χ3n) is 8.48. The number of aromatic nitrogens is 3. The van der Waals surface area contributed by atoms with Crippen LogP contribution in [-0.4, -0.2) is 88.0 Å². The molecule has 3 aliphatic rings. The molecule has 204 valence electrons. The van der Waals surface area contributed by atoms with E-state index in [2.05, 4.69) is 45.3 Å². The van der Waals surface area contributed by atoms with Crippen LogP contribution in [0.5, 0.6) is 0 Å². The van der Waals surface area contributed by atoms with E-state index in [1.54, 1.807) is 4.90 Å². The number of piperazine rings is 1. The minimum absolute atomic E-state index is 0.0358. The molecule has 0 atom stereocenters. The molecule has 2 saturated heterocycles. The van der Waals surface area contributed by atoms with Gasteiger partial charge in [-0.25, -0.2) is 4.98 Å². The van der Waals surface area contributed by atoms with Gasteiger partial charge >= 0.3 is 0 Å². The normalized spacial score (nSPS) is 19.4. The van der Waals surface area contributed by atoms with E-state index in [1.807, 2.05) is 16.8 Å². The quantitative estimate of drug-likeness (QED) is 0.466. The molecule has 1 aliphatic carbocycles. The van der Waals surface area contributed by atoms with Crippen LogP contribution in [0.4, 0.5) is 5.95 Å². The van der Waals surface area contributed by atoms with E-state index in [0.29, 0.717) is 48.8 Å². The summed E-state index contributed by atoms with van der Waals surface area (Å²) in [5.74, 6) is 1.08. The van der Waals surface area contributed by atoms with Crippen LogP contribution in [0, 0.1) is 17.2 Å². The number of anilines is 1. The summed E-state index contributed by atoms with van der Waals surface area (Å²) in [5, 5.41) is 14.7. The number of nitriles is 1. The number of benzene rings is 1. The molecular formula is C29H36N8O2. The van der Waals surface area contributed by atoms with Gasteiger partial charge in [0.05, 0.1) is 6.07 Å². The number of likely N-dealkylation sites (tertiary alicyclic amines) is 1. The fourth-order valence-electron chi connectivity index (χ4n) is 5.87. The van der Waals surface area contributed by atoms with Crippen LogP contribution in [0.1, 0.15) is 43.7 Å². The van der Waals surface area contributed by atoms with Gasteiger partial charge in [0.15, 0.2) is 0 Å². The first-order chi connectivity index (χ1) is 19.0. The number of pyridine rings is 1. The summed E-state index contributed by atoms with van der Waals surface area (Å²) in [6.07, 6.45) is 5.50. The van der Waals surface area contributed by atoms with Gasteiger partial charge in [-0.15, -0.1) is 0 Å². The molecular weight excluding hydrogens is 492 g/mol. The monoisotopic (exact) mass is 528 g/mol. The Balaban J connectivity index is 1.37. The molecule has 0 unspecified atom stereocenters. The summed E-state index contributed by atoms with van der Waals surface area (Å²) in [7, 11) is 2.15. The topological polar surface area (TPSA) is 110 Å². The lowest BCUT2D eigenvalue weighted by molar-refractivity contribution is -0.131. The van der Waals surface area contributed by atoms with E-state index >= 15 is 0 Å². The van der Waals surface area contributed by atoms with Gasteiger partial charge in [-0.05, 0) is 55.7 Å². The largest absolute Gasteiger partial charge is 0.354 e. The van der Waals surface area contributed by atoms with Crippen LogP contribution >= 0.6 is 0 Å². The fraction of sp³-hybridized carbons (Fsp3) is 0.552. The molecule has 1 saturated carbocycles. The predicted octanol–water partition coefficient (Wildman–Crippen LogP) is 2.59. The van der Waals surface area contributed by atoms with E-state index in [-0.39, 0.29) is 23.9 Å². The van der Waals surface area contributed by atoms with Gasteiger partial charge in [-0.2, -0.15) is 10.2 Å². The molecule has 2 aliphatic heterocycles. The Morgan fingerprint density at radius 1 is 1.05 bits per heavy atom. The molecule has 3 aromatic rings. The van der Waals surface area contributed by atoms with Crippen LogP contribution in [0.25, 0.3) is 21.8 Å². The van der Waals surface area contributed by atoms with Crippen LogP contribution in [0.15, 0.2) is 29.2 Å². The van der Waals surface area contributed by atoms with E-state index in [0.717, 1.165) is 55.6 Å². The summed E-state index contributed by atoms with van der Waals surface area (Å²) in [5.41, 5.74) is 1.75. The lowest BCUT2D eigenvalue weighted by Gasteiger charge is -2.33. The smallest absolute Gasteiger partial charge is 0.260 e. The lowest BCUT2D eigenvalue weighted by Crippen LogP contribution is -2.43. The van der Waals surface area contributed by atoms with Crippen molar-refractivity contribution in [1.29, 1.82) is 5.26 Å². The van der Waals surface area contributed by atoms with Gasteiger partial charge in [0.2, 0.25) is 11.9 Å². The molecule has 1 amide bonds. The molecule has 1 N–H and O–H groups in total. The molecule has 1 aromatic carbocycles.